The number of nitrogens with two attached hydrogens (primary N) is 1. The summed E-state index contributed by atoms with van der Waals surface area (Å²) < 4.78 is 0. The Labute approximate surface area is 87.7 Å². The summed E-state index contributed by atoms with van der Waals surface area (Å²) in [5, 5.41) is 3.37. The van der Waals surface area contributed by atoms with Crippen LogP contribution in [0, 0.1) is 6.92 Å². The molecule has 76 valence electrons. The Morgan fingerprint density at radius 2 is 2.43 bits per heavy atom. The summed E-state index contributed by atoms with van der Waals surface area (Å²) >= 11 is 1.97. The highest BCUT2D eigenvalue weighted by Crippen LogP contribution is 2.20. The number of hydrogen-bond donors (Lipinski definition) is 2. The minimum atomic E-state index is 0.346. The highest BCUT2D eigenvalue weighted by atomic mass is 32.2. The lowest BCUT2D eigenvalue weighted by molar-refractivity contribution is 0.805. The Hall–Kier alpha value is -0.970. The van der Waals surface area contributed by atoms with Crippen molar-refractivity contribution >= 4 is 23.5 Å². The second kappa shape index (κ2) is 4.04. The molecule has 0 spiro atoms. The molecule has 1 saturated heterocycles. The number of nitrogens with zero attached hydrogens (tertiary/aromatic N) is 2. The molecule has 1 atom stereocenters. The number of rotatable bonds is 2. The normalized spacial score (nSPS) is 21.1. The molecule has 1 aliphatic rings. The van der Waals surface area contributed by atoms with Crippen molar-refractivity contribution in [2.24, 2.45) is 0 Å². The summed E-state index contributed by atoms with van der Waals surface area (Å²) in [6, 6.07) is 2.47. The van der Waals surface area contributed by atoms with E-state index in [9.17, 15) is 0 Å². The van der Waals surface area contributed by atoms with Crippen LogP contribution in [0.1, 0.15) is 12.1 Å². The molecule has 2 heterocycles. The maximum atomic E-state index is 5.57. The number of nitrogens with one attached hydrogen (secondary N) is 1. The summed E-state index contributed by atoms with van der Waals surface area (Å²) in [5.74, 6) is 3.58. The van der Waals surface area contributed by atoms with Gasteiger partial charge in [0, 0.05) is 23.6 Å². The monoisotopic (exact) mass is 210 g/mol. The van der Waals surface area contributed by atoms with Crippen LogP contribution in [0.4, 0.5) is 11.8 Å². The minimum absolute atomic E-state index is 0.346. The molecule has 1 aromatic rings. The zero-order valence-corrected chi connectivity index (χ0v) is 8.97. The quantitative estimate of drug-likeness (QED) is 0.770. The molecule has 1 aliphatic heterocycles. The fourth-order valence-corrected chi connectivity index (χ4v) is 2.68. The molecule has 0 radical (unpaired) electrons. The first-order valence-electron chi connectivity index (χ1n) is 4.69. The molecule has 1 aromatic heterocycles. The van der Waals surface area contributed by atoms with Gasteiger partial charge in [-0.1, -0.05) is 0 Å². The van der Waals surface area contributed by atoms with E-state index >= 15 is 0 Å². The molecule has 1 unspecified atom stereocenters. The highest BCUT2D eigenvalue weighted by molar-refractivity contribution is 7.99. The van der Waals surface area contributed by atoms with Crippen molar-refractivity contribution in [2.75, 3.05) is 22.6 Å². The number of nitrogen functional groups attached to an aromatic ring is 1. The van der Waals surface area contributed by atoms with Gasteiger partial charge in [0.05, 0.1) is 0 Å². The average molecular weight is 210 g/mol. The first kappa shape index (κ1) is 9.58. The fourth-order valence-electron chi connectivity index (χ4n) is 1.52. The summed E-state index contributed by atoms with van der Waals surface area (Å²) in [7, 11) is 0. The molecule has 4 nitrogen and oxygen atoms in total. The lowest BCUT2D eigenvalue weighted by atomic mass is 10.2. The molecule has 14 heavy (non-hydrogen) atoms. The van der Waals surface area contributed by atoms with Crippen molar-refractivity contribution < 1.29 is 0 Å². The predicted molar refractivity (Wildman–Crippen MR) is 60.5 cm³/mol. The van der Waals surface area contributed by atoms with Gasteiger partial charge in [-0.25, -0.2) is 4.98 Å². The Morgan fingerprint density at radius 1 is 1.57 bits per heavy atom. The topological polar surface area (TPSA) is 63.8 Å². The van der Waals surface area contributed by atoms with Gasteiger partial charge in [-0.05, 0) is 19.1 Å². The average Bonchev–Trinajstić information content (AvgIpc) is 2.54. The van der Waals surface area contributed by atoms with E-state index < -0.39 is 0 Å². The van der Waals surface area contributed by atoms with Crippen molar-refractivity contribution in [1.29, 1.82) is 0 Å². The van der Waals surface area contributed by atoms with Crippen LogP contribution >= 0.6 is 11.8 Å². The van der Waals surface area contributed by atoms with E-state index in [1.54, 1.807) is 0 Å². The maximum Gasteiger partial charge on any atom is 0.222 e. The molecule has 5 heteroatoms. The number of aryl methyl sites for hydroxylation is 1. The molecule has 0 saturated carbocycles. The van der Waals surface area contributed by atoms with E-state index in [4.69, 9.17) is 5.73 Å². The third-order valence-electron chi connectivity index (χ3n) is 2.15. The van der Waals surface area contributed by atoms with Crippen molar-refractivity contribution in [3.63, 3.8) is 0 Å². The summed E-state index contributed by atoms with van der Waals surface area (Å²) in [6.07, 6.45) is 1.20. The Morgan fingerprint density at radius 3 is 3.07 bits per heavy atom. The van der Waals surface area contributed by atoms with Crippen molar-refractivity contribution in [3.8, 4) is 0 Å². The van der Waals surface area contributed by atoms with E-state index in [0.717, 1.165) is 17.3 Å². The van der Waals surface area contributed by atoms with E-state index in [-0.39, 0.29) is 0 Å². The second-order valence-corrected chi connectivity index (χ2v) is 4.61. The van der Waals surface area contributed by atoms with Gasteiger partial charge >= 0.3 is 0 Å². The third-order valence-corrected chi connectivity index (χ3v) is 3.32. The van der Waals surface area contributed by atoms with Crippen LogP contribution in [0.25, 0.3) is 0 Å². The van der Waals surface area contributed by atoms with Gasteiger partial charge in [0.2, 0.25) is 5.95 Å². The molecular weight excluding hydrogens is 196 g/mol. The number of thioether (sulfide) groups is 1. The lowest BCUT2D eigenvalue weighted by Crippen LogP contribution is -2.19. The Balaban J connectivity index is 2.07. The van der Waals surface area contributed by atoms with Crippen LogP contribution in [0.3, 0.4) is 0 Å². The highest BCUT2D eigenvalue weighted by Gasteiger charge is 2.15. The van der Waals surface area contributed by atoms with Crippen LogP contribution in [-0.4, -0.2) is 27.5 Å². The first-order chi connectivity index (χ1) is 6.74. The van der Waals surface area contributed by atoms with Crippen molar-refractivity contribution in [3.05, 3.63) is 11.8 Å². The first-order valence-corrected chi connectivity index (χ1v) is 5.85. The molecule has 0 aromatic carbocycles. The Kier molecular flexibility index (Phi) is 2.77. The second-order valence-electron chi connectivity index (χ2n) is 3.46. The fraction of sp³-hybridized carbons (Fsp3) is 0.556. The zero-order chi connectivity index (χ0) is 9.97. The largest absolute Gasteiger partial charge is 0.368 e. The predicted octanol–water partition coefficient (Wildman–Crippen LogP) is 1.28. The summed E-state index contributed by atoms with van der Waals surface area (Å²) in [4.78, 5) is 8.17. The van der Waals surface area contributed by atoms with Gasteiger partial charge in [-0.2, -0.15) is 16.7 Å². The SMILES string of the molecule is Cc1cc(NC2CCSC2)nc(N)n1. The number of anilines is 2. The van der Waals surface area contributed by atoms with E-state index in [2.05, 4.69) is 15.3 Å². The third kappa shape index (κ3) is 2.29. The van der Waals surface area contributed by atoms with Crippen LogP contribution < -0.4 is 11.1 Å². The molecule has 3 N–H and O–H groups in total. The Bertz CT molecular complexity index is 302. The molecule has 0 bridgehead atoms. The number of aromatic nitrogens is 2. The van der Waals surface area contributed by atoms with Gasteiger partial charge in [0.1, 0.15) is 5.82 Å². The maximum absolute atomic E-state index is 5.57. The molecule has 2 rings (SSSR count). The van der Waals surface area contributed by atoms with Gasteiger partial charge < -0.3 is 11.1 Å². The smallest absolute Gasteiger partial charge is 0.222 e. The van der Waals surface area contributed by atoms with Crippen LogP contribution in [0.2, 0.25) is 0 Å². The van der Waals surface area contributed by atoms with Gasteiger partial charge in [-0.3, -0.25) is 0 Å². The van der Waals surface area contributed by atoms with Crippen molar-refractivity contribution in [1.82, 2.24) is 9.97 Å². The number of hydrogen-bond acceptors (Lipinski definition) is 5. The van der Waals surface area contributed by atoms with Crippen LogP contribution in [0.5, 0.6) is 0 Å². The summed E-state index contributed by atoms with van der Waals surface area (Å²) in [6.45, 7) is 1.92. The molecule has 0 aliphatic carbocycles. The minimum Gasteiger partial charge on any atom is -0.368 e. The van der Waals surface area contributed by atoms with E-state index in [1.807, 2.05) is 24.8 Å². The van der Waals surface area contributed by atoms with Crippen LogP contribution in [-0.2, 0) is 0 Å². The van der Waals surface area contributed by atoms with Gasteiger partial charge in [0.15, 0.2) is 0 Å². The van der Waals surface area contributed by atoms with E-state index in [0.29, 0.717) is 12.0 Å². The lowest BCUT2D eigenvalue weighted by Gasteiger charge is -2.12. The summed E-state index contributed by atoms with van der Waals surface area (Å²) in [5.41, 5.74) is 6.47. The van der Waals surface area contributed by atoms with Gasteiger partial charge in [-0.15, -0.1) is 0 Å². The zero-order valence-electron chi connectivity index (χ0n) is 8.16. The van der Waals surface area contributed by atoms with Gasteiger partial charge in [0.25, 0.3) is 0 Å². The molecule has 0 amide bonds. The van der Waals surface area contributed by atoms with E-state index in [1.165, 1.54) is 12.2 Å². The standard InChI is InChI=1S/C9H14N4S/c1-6-4-8(13-9(10)11-6)12-7-2-3-14-5-7/h4,7H,2-3,5H2,1H3,(H3,10,11,12,13). The van der Waals surface area contributed by atoms with Crippen molar-refractivity contribution in [2.45, 2.75) is 19.4 Å². The molecule has 1 fully saturated rings. The molecular formula is C9H14N4S. The van der Waals surface area contributed by atoms with Crippen LogP contribution in [0.15, 0.2) is 6.07 Å².